The monoisotopic (exact) mass is 378 g/mol. The Morgan fingerprint density at radius 3 is 2.62 bits per heavy atom. The van der Waals surface area contributed by atoms with Crippen LogP contribution in [0.3, 0.4) is 0 Å². The molecule has 1 aromatic carbocycles. The van der Waals surface area contributed by atoms with Gasteiger partial charge in [-0.15, -0.1) is 0 Å². The lowest BCUT2D eigenvalue weighted by molar-refractivity contribution is -0.0387. The van der Waals surface area contributed by atoms with Crippen LogP contribution in [0.1, 0.15) is 30.0 Å². The van der Waals surface area contributed by atoms with Gasteiger partial charge in [0.15, 0.2) is 0 Å². The molecular weight excluding hydrogens is 356 g/mol. The Morgan fingerprint density at radius 1 is 1.23 bits per heavy atom. The predicted molar refractivity (Wildman–Crippen MR) is 95.1 cm³/mol. The van der Waals surface area contributed by atoms with Crippen LogP contribution in [-0.4, -0.2) is 44.5 Å². The van der Waals surface area contributed by atoms with E-state index >= 15 is 0 Å². The summed E-state index contributed by atoms with van der Waals surface area (Å²) in [5.74, 6) is 0.399. The topological polar surface area (TPSA) is 88.9 Å². The fourth-order valence-electron chi connectivity index (χ4n) is 2.79. The van der Waals surface area contributed by atoms with Gasteiger partial charge in [0.1, 0.15) is 5.76 Å². The zero-order valence-electron chi connectivity index (χ0n) is 14.7. The largest absolute Gasteiger partial charge is 0.468 e. The first-order chi connectivity index (χ1) is 12.4. The number of sulfonamides is 1. The standard InChI is InChI=1S/C18H22N2O5S/c1-13-12-25-14(2)11-20(13)18(21)15-5-7-17(8-6-15)26(22,23)19-10-16-4-3-9-24-16/h3-9,13-14,19H,10-12H2,1-2H3. The van der Waals surface area contributed by atoms with Crippen LogP contribution < -0.4 is 4.72 Å². The van der Waals surface area contributed by atoms with Gasteiger partial charge in [-0.05, 0) is 50.2 Å². The number of carbonyl (C=O) groups excluding carboxylic acids is 1. The van der Waals surface area contributed by atoms with Crippen LogP contribution in [-0.2, 0) is 21.3 Å². The normalized spacial score (nSPS) is 20.9. The molecule has 8 heteroatoms. The molecule has 1 fully saturated rings. The van der Waals surface area contributed by atoms with Crippen LogP contribution in [0.4, 0.5) is 0 Å². The van der Waals surface area contributed by atoms with Gasteiger partial charge in [-0.3, -0.25) is 4.79 Å². The van der Waals surface area contributed by atoms with Crippen LogP contribution in [0.25, 0.3) is 0 Å². The van der Waals surface area contributed by atoms with E-state index in [2.05, 4.69) is 4.72 Å². The highest BCUT2D eigenvalue weighted by atomic mass is 32.2. The Balaban J connectivity index is 1.70. The summed E-state index contributed by atoms with van der Waals surface area (Å²) in [6.07, 6.45) is 1.47. The molecule has 0 spiro atoms. The Labute approximate surface area is 153 Å². The first-order valence-electron chi connectivity index (χ1n) is 8.41. The molecule has 1 aliphatic heterocycles. The molecule has 1 saturated heterocycles. The number of morpholine rings is 1. The number of nitrogens with zero attached hydrogens (tertiary/aromatic N) is 1. The third-order valence-corrected chi connectivity index (χ3v) is 5.71. The Bertz CT molecular complexity index is 846. The zero-order chi connectivity index (χ0) is 18.7. The molecule has 7 nitrogen and oxygen atoms in total. The zero-order valence-corrected chi connectivity index (χ0v) is 15.5. The summed E-state index contributed by atoms with van der Waals surface area (Å²) in [6.45, 7) is 4.94. The van der Waals surface area contributed by atoms with Crippen molar-refractivity contribution in [2.45, 2.75) is 37.4 Å². The second-order valence-corrected chi connectivity index (χ2v) is 8.15. The summed E-state index contributed by atoms with van der Waals surface area (Å²) >= 11 is 0. The fourth-order valence-corrected chi connectivity index (χ4v) is 3.78. The maximum atomic E-state index is 12.7. The molecule has 26 heavy (non-hydrogen) atoms. The smallest absolute Gasteiger partial charge is 0.254 e. The van der Waals surface area contributed by atoms with E-state index in [0.29, 0.717) is 24.5 Å². The first kappa shape index (κ1) is 18.6. The lowest BCUT2D eigenvalue weighted by Crippen LogP contribution is -2.50. The fraction of sp³-hybridized carbons (Fsp3) is 0.389. The second kappa shape index (κ2) is 7.61. The minimum Gasteiger partial charge on any atom is -0.468 e. The third-order valence-electron chi connectivity index (χ3n) is 4.30. The van der Waals surface area contributed by atoms with Gasteiger partial charge in [-0.2, -0.15) is 0 Å². The lowest BCUT2D eigenvalue weighted by atomic mass is 10.1. The van der Waals surface area contributed by atoms with Crippen LogP contribution >= 0.6 is 0 Å². The number of rotatable bonds is 5. The van der Waals surface area contributed by atoms with Crippen molar-refractivity contribution < 1.29 is 22.4 Å². The molecule has 1 N–H and O–H groups in total. The lowest BCUT2D eigenvalue weighted by Gasteiger charge is -2.36. The summed E-state index contributed by atoms with van der Waals surface area (Å²) < 4.78 is 37.8. The van der Waals surface area contributed by atoms with Crippen LogP contribution in [0.2, 0.25) is 0 Å². The van der Waals surface area contributed by atoms with E-state index < -0.39 is 10.0 Å². The van der Waals surface area contributed by atoms with E-state index in [9.17, 15) is 13.2 Å². The highest BCUT2D eigenvalue weighted by Crippen LogP contribution is 2.17. The SMILES string of the molecule is CC1CN(C(=O)c2ccc(S(=O)(=O)NCc3ccco3)cc2)C(C)CO1. The molecule has 1 amide bonds. The van der Waals surface area contributed by atoms with Crippen molar-refractivity contribution in [2.24, 2.45) is 0 Å². The van der Waals surface area contributed by atoms with Crippen molar-refractivity contribution in [3.8, 4) is 0 Å². The number of ether oxygens (including phenoxy) is 1. The Morgan fingerprint density at radius 2 is 1.96 bits per heavy atom. The van der Waals surface area contributed by atoms with Gasteiger partial charge in [0.05, 0.1) is 36.5 Å². The van der Waals surface area contributed by atoms with Gasteiger partial charge >= 0.3 is 0 Å². The predicted octanol–water partition coefficient (Wildman–Crippen LogP) is 2.01. The van der Waals surface area contributed by atoms with Gasteiger partial charge < -0.3 is 14.1 Å². The average molecular weight is 378 g/mol. The summed E-state index contributed by atoms with van der Waals surface area (Å²) in [5.41, 5.74) is 0.455. The van der Waals surface area contributed by atoms with Crippen molar-refractivity contribution in [1.29, 1.82) is 0 Å². The van der Waals surface area contributed by atoms with E-state index in [1.165, 1.54) is 30.5 Å². The second-order valence-electron chi connectivity index (χ2n) is 6.38. The molecule has 2 unspecified atom stereocenters. The first-order valence-corrected chi connectivity index (χ1v) is 9.90. The summed E-state index contributed by atoms with van der Waals surface area (Å²) in [7, 11) is -3.68. The highest BCUT2D eigenvalue weighted by molar-refractivity contribution is 7.89. The molecule has 140 valence electrons. The molecule has 1 aliphatic rings. The van der Waals surface area contributed by atoms with Crippen LogP contribution in [0.15, 0.2) is 52.0 Å². The van der Waals surface area contributed by atoms with Crippen LogP contribution in [0, 0.1) is 0 Å². The van der Waals surface area contributed by atoms with Gasteiger partial charge in [0, 0.05) is 12.1 Å². The number of benzene rings is 1. The van der Waals surface area contributed by atoms with E-state index in [1.807, 2.05) is 13.8 Å². The Hall–Kier alpha value is -2.16. The van der Waals surface area contributed by atoms with E-state index in [4.69, 9.17) is 9.15 Å². The maximum Gasteiger partial charge on any atom is 0.254 e. The van der Waals surface area contributed by atoms with Gasteiger partial charge in [-0.1, -0.05) is 0 Å². The molecule has 3 rings (SSSR count). The van der Waals surface area contributed by atoms with Crippen LogP contribution in [0.5, 0.6) is 0 Å². The molecule has 2 heterocycles. The molecule has 0 aliphatic carbocycles. The average Bonchev–Trinajstić information content (AvgIpc) is 3.15. The van der Waals surface area contributed by atoms with Crippen molar-refractivity contribution in [3.63, 3.8) is 0 Å². The molecular formula is C18H22N2O5S. The number of nitrogens with one attached hydrogen (secondary N) is 1. The number of furan rings is 1. The minimum absolute atomic E-state index is 0.0133. The number of amides is 1. The van der Waals surface area contributed by atoms with Gasteiger partial charge in [0.2, 0.25) is 10.0 Å². The van der Waals surface area contributed by atoms with Crippen molar-refractivity contribution in [2.75, 3.05) is 13.2 Å². The van der Waals surface area contributed by atoms with E-state index in [-0.39, 0.29) is 29.5 Å². The third kappa shape index (κ3) is 4.14. The molecule has 0 saturated carbocycles. The maximum absolute atomic E-state index is 12.7. The summed E-state index contributed by atoms with van der Waals surface area (Å²) in [5, 5.41) is 0. The summed E-state index contributed by atoms with van der Waals surface area (Å²) in [6, 6.07) is 9.31. The van der Waals surface area contributed by atoms with E-state index in [0.717, 1.165) is 0 Å². The number of carbonyl (C=O) groups is 1. The van der Waals surface area contributed by atoms with Crippen molar-refractivity contribution in [3.05, 3.63) is 54.0 Å². The number of hydrogen-bond acceptors (Lipinski definition) is 5. The summed E-state index contributed by atoms with van der Waals surface area (Å²) in [4.78, 5) is 14.5. The van der Waals surface area contributed by atoms with Crippen molar-refractivity contribution in [1.82, 2.24) is 9.62 Å². The molecule has 2 aromatic rings. The van der Waals surface area contributed by atoms with Gasteiger partial charge in [0.25, 0.3) is 5.91 Å². The highest BCUT2D eigenvalue weighted by Gasteiger charge is 2.28. The van der Waals surface area contributed by atoms with Crippen molar-refractivity contribution >= 4 is 15.9 Å². The quantitative estimate of drug-likeness (QED) is 0.860. The number of hydrogen-bond donors (Lipinski definition) is 1. The molecule has 0 radical (unpaired) electrons. The van der Waals surface area contributed by atoms with E-state index in [1.54, 1.807) is 17.0 Å². The molecule has 2 atom stereocenters. The molecule has 1 aromatic heterocycles. The molecule has 0 bridgehead atoms. The minimum atomic E-state index is -3.68. The Kier molecular flexibility index (Phi) is 5.45. The van der Waals surface area contributed by atoms with Gasteiger partial charge in [-0.25, -0.2) is 13.1 Å².